The number of amides is 1. The summed E-state index contributed by atoms with van der Waals surface area (Å²) in [6.45, 7) is 2.43. The van der Waals surface area contributed by atoms with Crippen molar-refractivity contribution in [3.8, 4) is 0 Å². The van der Waals surface area contributed by atoms with Gasteiger partial charge in [-0.15, -0.1) is 0 Å². The highest BCUT2D eigenvalue weighted by Crippen LogP contribution is 2.16. The van der Waals surface area contributed by atoms with Gasteiger partial charge in [-0.1, -0.05) is 36.4 Å². The molecule has 2 N–H and O–H groups in total. The number of para-hydroxylation sites is 1. The van der Waals surface area contributed by atoms with Crippen molar-refractivity contribution in [1.29, 1.82) is 0 Å². The van der Waals surface area contributed by atoms with E-state index >= 15 is 0 Å². The van der Waals surface area contributed by atoms with Crippen molar-refractivity contribution in [2.45, 2.75) is 13.5 Å². The summed E-state index contributed by atoms with van der Waals surface area (Å²) in [5, 5.41) is 5.61. The number of rotatable bonds is 5. The summed E-state index contributed by atoms with van der Waals surface area (Å²) in [5.74, 6) is -0.438. The zero-order chi connectivity index (χ0) is 17.6. The van der Waals surface area contributed by atoms with E-state index in [2.05, 4.69) is 20.6 Å². The highest BCUT2D eigenvalue weighted by molar-refractivity contribution is 5.93. The van der Waals surface area contributed by atoms with Gasteiger partial charge in [0.1, 0.15) is 5.82 Å². The first-order chi connectivity index (χ1) is 12.1. The molecule has 0 radical (unpaired) electrons. The standard InChI is InChI=1S/C19H17FN4O/c1-13-6-2-3-7-14(13)10-21-18(25)15-11-22-19(23-12-15)24-17-9-5-4-8-16(17)20/h2-9,11-12H,10H2,1H3,(H,21,25)(H,22,23,24). The Balaban J connectivity index is 1.63. The first-order valence-corrected chi connectivity index (χ1v) is 7.80. The first kappa shape index (κ1) is 16.6. The van der Waals surface area contributed by atoms with Gasteiger partial charge in [0.15, 0.2) is 0 Å². The second-order valence-corrected chi connectivity index (χ2v) is 5.51. The number of aromatic nitrogens is 2. The fraction of sp³-hybridized carbons (Fsp3) is 0.105. The molecule has 2 aromatic carbocycles. The highest BCUT2D eigenvalue weighted by atomic mass is 19.1. The Bertz CT molecular complexity index is 881. The lowest BCUT2D eigenvalue weighted by atomic mass is 10.1. The summed E-state index contributed by atoms with van der Waals surface area (Å²) in [6.07, 6.45) is 2.81. The summed E-state index contributed by atoms with van der Waals surface area (Å²) in [7, 11) is 0. The van der Waals surface area contributed by atoms with E-state index in [4.69, 9.17) is 0 Å². The van der Waals surface area contributed by atoms with Crippen LogP contribution in [0.15, 0.2) is 60.9 Å². The Kier molecular flexibility index (Phi) is 4.99. The van der Waals surface area contributed by atoms with Crippen LogP contribution in [0.4, 0.5) is 16.0 Å². The molecule has 0 aliphatic heterocycles. The molecule has 0 aliphatic rings. The van der Waals surface area contributed by atoms with Crippen LogP contribution in [0.25, 0.3) is 0 Å². The fourth-order valence-corrected chi connectivity index (χ4v) is 2.28. The second-order valence-electron chi connectivity index (χ2n) is 5.51. The Morgan fingerprint density at radius 1 is 1.04 bits per heavy atom. The SMILES string of the molecule is Cc1ccccc1CNC(=O)c1cnc(Nc2ccccc2F)nc1. The van der Waals surface area contributed by atoms with E-state index in [0.29, 0.717) is 12.1 Å². The van der Waals surface area contributed by atoms with Crippen molar-refractivity contribution in [3.05, 3.63) is 83.4 Å². The quantitative estimate of drug-likeness (QED) is 0.747. The topological polar surface area (TPSA) is 66.9 Å². The lowest BCUT2D eigenvalue weighted by Gasteiger charge is -2.08. The summed E-state index contributed by atoms with van der Waals surface area (Å²) in [4.78, 5) is 20.3. The molecule has 0 saturated carbocycles. The molecule has 1 amide bonds. The molecule has 0 spiro atoms. The van der Waals surface area contributed by atoms with Gasteiger partial charge in [0.25, 0.3) is 5.91 Å². The van der Waals surface area contributed by atoms with Crippen LogP contribution in [0.5, 0.6) is 0 Å². The maximum Gasteiger partial charge on any atom is 0.254 e. The zero-order valence-electron chi connectivity index (χ0n) is 13.7. The lowest BCUT2D eigenvalue weighted by Crippen LogP contribution is -2.23. The van der Waals surface area contributed by atoms with Crippen LogP contribution in [-0.2, 0) is 6.54 Å². The minimum absolute atomic E-state index is 0.223. The summed E-state index contributed by atoms with van der Waals surface area (Å²) >= 11 is 0. The van der Waals surface area contributed by atoms with Crippen LogP contribution in [-0.4, -0.2) is 15.9 Å². The van der Waals surface area contributed by atoms with Crippen molar-refractivity contribution < 1.29 is 9.18 Å². The predicted octanol–water partition coefficient (Wildman–Crippen LogP) is 3.60. The molecule has 3 aromatic rings. The molecule has 0 aliphatic carbocycles. The lowest BCUT2D eigenvalue weighted by molar-refractivity contribution is 0.0950. The Morgan fingerprint density at radius 2 is 1.72 bits per heavy atom. The van der Waals surface area contributed by atoms with Gasteiger partial charge in [0.05, 0.1) is 11.3 Å². The van der Waals surface area contributed by atoms with E-state index in [9.17, 15) is 9.18 Å². The fourth-order valence-electron chi connectivity index (χ4n) is 2.28. The Morgan fingerprint density at radius 3 is 2.44 bits per heavy atom. The number of nitrogens with zero attached hydrogens (tertiary/aromatic N) is 2. The van der Waals surface area contributed by atoms with Crippen molar-refractivity contribution in [2.75, 3.05) is 5.32 Å². The third kappa shape index (κ3) is 4.17. The number of nitrogens with one attached hydrogen (secondary N) is 2. The Labute approximate surface area is 145 Å². The number of hydrogen-bond donors (Lipinski definition) is 2. The summed E-state index contributed by atoms with van der Waals surface area (Å²) in [5.41, 5.74) is 2.78. The average Bonchev–Trinajstić information content (AvgIpc) is 2.63. The van der Waals surface area contributed by atoms with Gasteiger partial charge in [-0.3, -0.25) is 4.79 Å². The van der Waals surface area contributed by atoms with E-state index in [0.717, 1.165) is 11.1 Å². The van der Waals surface area contributed by atoms with E-state index in [1.165, 1.54) is 18.5 Å². The minimum Gasteiger partial charge on any atom is -0.348 e. The van der Waals surface area contributed by atoms with Crippen molar-refractivity contribution in [1.82, 2.24) is 15.3 Å². The van der Waals surface area contributed by atoms with Crippen molar-refractivity contribution in [3.63, 3.8) is 0 Å². The van der Waals surface area contributed by atoms with Gasteiger partial charge in [0, 0.05) is 18.9 Å². The number of halogens is 1. The third-order valence-corrected chi connectivity index (χ3v) is 3.74. The molecule has 1 heterocycles. The molecule has 6 heteroatoms. The highest BCUT2D eigenvalue weighted by Gasteiger charge is 2.09. The van der Waals surface area contributed by atoms with Gasteiger partial charge in [-0.25, -0.2) is 14.4 Å². The molecule has 0 bridgehead atoms. The normalized spacial score (nSPS) is 10.3. The van der Waals surface area contributed by atoms with Crippen LogP contribution in [0, 0.1) is 12.7 Å². The van der Waals surface area contributed by atoms with E-state index in [1.54, 1.807) is 18.2 Å². The average molecular weight is 336 g/mol. The molecular formula is C19H17FN4O. The third-order valence-electron chi connectivity index (χ3n) is 3.74. The van der Waals surface area contributed by atoms with Gasteiger partial charge >= 0.3 is 0 Å². The van der Waals surface area contributed by atoms with Gasteiger partial charge in [0.2, 0.25) is 5.95 Å². The van der Waals surface area contributed by atoms with Gasteiger partial charge in [-0.2, -0.15) is 0 Å². The van der Waals surface area contributed by atoms with Gasteiger partial charge in [-0.05, 0) is 30.2 Å². The largest absolute Gasteiger partial charge is 0.348 e. The van der Waals surface area contributed by atoms with Crippen LogP contribution >= 0.6 is 0 Å². The van der Waals surface area contributed by atoms with Crippen LogP contribution < -0.4 is 10.6 Å². The molecule has 3 rings (SSSR count). The van der Waals surface area contributed by atoms with E-state index in [-0.39, 0.29) is 17.5 Å². The number of carbonyl (C=O) groups is 1. The number of carbonyl (C=O) groups excluding carboxylic acids is 1. The molecular weight excluding hydrogens is 319 g/mol. The smallest absolute Gasteiger partial charge is 0.254 e. The Hall–Kier alpha value is -3.28. The minimum atomic E-state index is -0.397. The summed E-state index contributed by atoms with van der Waals surface area (Å²) < 4.78 is 13.6. The number of hydrogen-bond acceptors (Lipinski definition) is 4. The maximum atomic E-state index is 13.6. The summed E-state index contributed by atoms with van der Waals surface area (Å²) in [6, 6.07) is 14.1. The van der Waals surface area contributed by atoms with Crippen molar-refractivity contribution in [2.24, 2.45) is 0 Å². The molecule has 5 nitrogen and oxygen atoms in total. The maximum absolute atomic E-state index is 13.6. The van der Waals surface area contributed by atoms with Crippen LogP contribution in [0.3, 0.4) is 0 Å². The molecule has 0 unspecified atom stereocenters. The van der Waals surface area contributed by atoms with Crippen LogP contribution in [0.2, 0.25) is 0 Å². The number of benzene rings is 2. The molecule has 0 fully saturated rings. The number of aryl methyl sites for hydroxylation is 1. The molecule has 1 aromatic heterocycles. The first-order valence-electron chi connectivity index (χ1n) is 7.80. The monoisotopic (exact) mass is 336 g/mol. The van der Waals surface area contributed by atoms with E-state index in [1.807, 2.05) is 31.2 Å². The molecule has 126 valence electrons. The number of anilines is 2. The molecule has 0 atom stereocenters. The van der Waals surface area contributed by atoms with Crippen LogP contribution in [0.1, 0.15) is 21.5 Å². The predicted molar refractivity (Wildman–Crippen MR) is 94.1 cm³/mol. The van der Waals surface area contributed by atoms with Crippen molar-refractivity contribution >= 4 is 17.5 Å². The zero-order valence-corrected chi connectivity index (χ0v) is 13.7. The molecule has 0 saturated heterocycles. The van der Waals surface area contributed by atoms with E-state index < -0.39 is 5.82 Å². The second kappa shape index (κ2) is 7.53. The van der Waals surface area contributed by atoms with Gasteiger partial charge < -0.3 is 10.6 Å². The molecule has 25 heavy (non-hydrogen) atoms.